The minimum Gasteiger partial charge on any atom is -0.503 e. The highest BCUT2D eigenvalue weighted by molar-refractivity contribution is 7.12. The standard InChI is InChI=1S/C22H22N2O5S/c25-20(17-4-3-11-30-17)18-19(14-5-6-15-16(12-14)29-13-28-15)24(22(27)21(18)26)10-9-23-7-1-2-8-23/h3-6,11-12,19,26H,1-2,7-10,13H2. The number of fused-ring (bicyclic) bond motifs is 1. The number of Topliss-reactive ketones (excluding diaryl/α,β-unsaturated/α-hetero) is 1. The van der Waals surface area contributed by atoms with Crippen molar-refractivity contribution in [3.05, 3.63) is 57.5 Å². The third-order valence-electron chi connectivity index (χ3n) is 5.86. The summed E-state index contributed by atoms with van der Waals surface area (Å²) in [6.45, 7) is 3.31. The molecular weight excluding hydrogens is 404 g/mol. The molecule has 7 nitrogen and oxygen atoms in total. The lowest BCUT2D eigenvalue weighted by molar-refractivity contribution is -0.129. The molecule has 4 heterocycles. The van der Waals surface area contributed by atoms with Crippen LogP contribution in [0.5, 0.6) is 11.5 Å². The molecule has 3 aliphatic rings. The lowest BCUT2D eigenvalue weighted by Crippen LogP contribution is -2.37. The molecular formula is C22H22N2O5S. The van der Waals surface area contributed by atoms with Crippen molar-refractivity contribution in [3.63, 3.8) is 0 Å². The second-order valence-electron chi connectivity index (χ2n) is 7.63. The smallest absolute Gasteiger partial charge is 0.290 e. The van der Waals surface area contributed by atoms with Gasteiger partial charge in [-0.3, -0.25) is 9.59 Å². The maximum Gasteiger partial charge on any atom is 0.290 e. The Morgan fingerprint density at radius 2 is 1.93 bits per heavy atom. The lowest BCUT2D eigenvalue weighted by atomic mass is 9.95. The number of benzene rings is 1. The number of hydrogen-bond donors (Lipinski definition) is 1. The van der Waals surface area contributed by atoms with Crippen molar-refractivity contribution in [1.29, 1.82) is 0 Å². The van der Waals surface area contributed by atoms with Crippen LogP contribution in [-0.4, -0.2) is 59.6 Å². The van der Waals surface area contributed by atoms with Gasteiger partial charge in [0.05, 0.1) is 16.5 Å². The average molecular weight is 426 g/mol. The summed E-state index contributed by atoms with van der Waals surface area (Å²) in [5, 5.41) is 12.5. The second-order valence-corrected chi connectivity index (χ2v) is 8.58. The molecule has 0 bridgehead atoms. The van der Waals surface area contributed by atoms with Gasteiger partial charge < -0.3 is 24.4 Å². The maximum absolute atomic E-state index is 13.2. The normalized spacial score (nSPS) is 21.1. The number of aliphatic hydroxyl groups is 1. The summed E-state index contributed by atoms with van der Waals surface area (Å²) in [6, 6.07) is 8.24. The molecule has 1 saturated heterocycles. The van der Waals surface area contributed by atoms with Gasteiger partial charge in [-0.05, 0) is 55.1 Å². The largest absolute Gasteiger partial charge is 0.503 e. The third-order valence-corrected chi connectivity index (χ3v) is 6.73. The van der Waals surface area contributed by atoms with Gasteiger partial charge in [0, 0.05) is 13.1 Å². The highest BCUT2D eigenvalue weighted by Crippen LogP contribution is 2.43. The monoisotopic (exact) mass is 426 g/mol. The molecule has 0 radical (unpaired) electrons. The fourth-order valence-electron chi connectivity index (χ4n) is 4.34. The summed E-state index contributed by atoms with van der Waals surface area (Å²) in [5.74, 6) is -0.0729. The van der Waals surface area contributed by atoms with Gasteiger partial charge in [0.25, 0.3) is 5.91 Å². The predicted octanol–water partition coefficient (Wildman–Crippen LogP) is 3.15. The maximum atomic E-state index is 13.2. The summed E-state index contributed by atoms with van der Waals surface area (Å²) in [5.41, 5.74) is 0.848. The molecule has 0 aliphatic carbocycles. The van der Waals surface area contributed by atoms with Crippen molar-refractivity contribution in [2.75, 3.05) is 33.0 Å². The van der Waals surface area contributed by atoms with Gasteiger partial charge in [-0.25, -0.2) is 0 Å². The Bertz CT molecular complexity index is 1010. The first kappa shape index (κ1) is 19.1. The number of ketones is 1. The Kier molecular flexibility index (Phi) is 4.96. The van der Waals surface area contributed by atoms with Crippen molar-refractivity contribution in [3.8, 4) is 11.5 Å². The van der Waals surface area contributed by atoms with Gasteiger partial charge in [-0.1, -0.05) is 12.1 Å². The molecule has 1 fully saturated rings. The zero-order chi connectivity index (χ0) is 20.7. The number of likely N-dealkylation sites (tertiary alicyclic amines) is 1. The number of carbonyl (C=O) groups excluding carboxylic acids is 2. The van der Waals surface area contributed by atoms with E-state index in [0.29, 0.717) is 29.5 Å². The summed E-state index contributed by atoms with van der Waals surface area (Å²) >= 11 is 1.30. The topological polar surface area (TPSA) is 79.3 Å². The number of aliphatic hydroxyl groups excluding tert-OH is 1. The fourth-order valence-corrected chi connectivity index (χ4v) is 5.02. The number of rotatable bonds is 6. The van der Waals surface area contributed by atoms with E-state index in [4.69, 9.17) is 9.47 Å². The van der Waals surface area contributed by atoms with Crippen LogP contribution in [-0.2, 0) is 4.79 Å². The second kappa shape index (κ2) is 7.77. The third kappa shape index (κ3) is 3.26. The molecule has 1 N–H and O–H groups in total. The molecule has 1 aromatic heterocycles. The Morgan fingerprint density at radius 1 is 1.13 bits per heavy atom. The zero-order valence-electron chi connectivity index (χ0n) is 16.4. The van der Waals surface area contributed by atoms with E-state index in [9.17, 15) is 14.7 Å². The van der Waals surface area contributed by atoms with Crippen molar-refractivity contribution < 1.29 is 24.2 Å². The highest BCUT2D eigenvalue weighted by Gasteiger charge is 2.44. The molecule has 0 saturated carbocycles. The van der Waals surface area contributed by atoms with Crippen LogP contribution in [0.25, 0.3) is 0 Å². The molecule has 2 aromatic rings. The zero-order valence-corrected chi connectivity index (χ0v) is 17.2. The van der Waals surface area contributed by atoms with Gasteiger partial charge in [0.1, 0.15) is 0 Å². The van der Waals surface area contributed by atoms with E-state index in [1.807, 2.05) is 11.4 Å². The van der Waals surface area contributed by atoms with Crippen molar-refractivity contribution in [1.82, 2.24) is 9.80 Å². The summed E-state index contributed by atoms with van der Waals surface area (Å²) in [7, 11) is 0. The van der Waals surface area contributed by atoms with Crippen molar-refractivity contribution in [2.24, 2.45) is 0 Å². The number of nitrogens with zero attached hydrogens (tertiary/aromatic N) is 2. The first-order valence-corrected chi connectivity index (χ1v) is 11.0. The fraction of sp³-hybridized carbons (Fsp3) is 0.364. The Hall–Kier alpha value is -2.84. The van der Waals surface area contributed by atoms with Crippen LogP contribution in [0, 0.1) is 0 Å². The minimum atomic E-state index is -0.663. The van der Waals surface area contributed by atoms with E-state index < -0.39 is 17.7 Å². The van der Waals surface area contributed by atoms with Gasteiger partial charge in [0.15, 0.2) is 17.3 Å². The molecule has 8 heteroatoms. The van der Waals surface area contributed by atoms with Crippen LogP contribution in [0.3, 0.4) is 0 Å². The molecule has 1 atom stereocenters. The Morgan fingerprint density at radius 3 is 2.70 bits per heavy atom. The number of ether oxygens (including phenoxy) is 2. The highest BCUT2D eigenvalue weighted by atomic mass is 32.1. The van der Waals surface area contributed by atoms with E-state index in [1.54, 1.807) is 29.2 Å². The molecule has 5 rings (SSSR count). The first-order chi connectivity index (χ1) is 14.6. The minimum absolute atomic E-state index is 0.128. The van der Waals surface area contributed by atoms with Crippen LogP contribution in [0.15, 0.2) is 47.0 Å². The molecule has 1 unspecified atom stereocenters. The summed E-state index contributed by atoms with van der Waals surface area (Å²) in [4.78, 5) is 30.6. The summed E-state index contributed by atoms with van der Waals surface area (Å²) in [6.07, 6.45) is 2.32. The molecule has 156 valence electrons. The number of carbonyl (C=O) groups is 2. The van der Waals surface area contributed by atoms with E-state index in [2.05, 4.69) is 4.90 Å². The van der Waals surface area contributed by atoms with E-state index in [0.717, 1.165) is 31.5 Å². The number of amides is 1. The number of thiophene rings is 1. The van der Waals surface area contributed by atoms with E-state index in [-0.39, 0.29) is 18.1 Å². The molecule has 1 amide bonds. The van der Waals surface area contributed by atoms with Crippen LogP contribution in [0.4, 0.5) is 0 Å². The summed E-state index contributed by atoms with van der Waals surface area (Å²) < 4.78 is 10.9. The Balaban J connectivity index is 1.52. The van der Waals surface area contributed by atoms with E-state index >= 15 is 0 Å². The SMILES string of the molecule is O=C(C1=C(O)C(=O)N(CCN2CCCC2)C1c1ccc2c(c1)OCO2)c1cccs1. The molecule has 1 aromatic carbocycles. The van der Waals surface area contributed by atoms with Crippen molar-refractivity contribution in [2.45, 2.75) is 18.9 Å². The van der Waals surface area contributed by atoms with E-state index in [1.165, 1.54) is 11.3 Å². The van der Waals surface area contributed by atoms with Crippen LogP contribution in [0.1, 0.15) is 34.1 Å². The molecule has 30 heavy (non-hydrogen) atoms. The molecule has 0 spiro atoms. The van der Waals surface area contributed by atoms with Crippen LogP contribution < -0.4 is 9.47 Å². The Labute approximate surface area is 178 Å². The first-order valence-electron chi connectivity index (χ1n) is 10.1. The van der Waals surface area contributed by atoms with Crippen LogP contribution >= 0.6 is 11.3 Å². The predicted molar refractivity (Wildman–Crippen MR) is 111 cm³/mol. The van der Waals surface area contributed by atoms with Crippen LogP contribution in [0.2, 0.25) is 0 Å². The van der Waals surface area contributed by atoms with Gasteiger partial charge in [-0.2, -0.15) is 0 Å². The van der Waals surface area contributed by atoms with Gasteiger partial charge in [-0.15, -0.1) is 11.3 Å². The molecule has 3 aliphatic heterocycles. The van der Waals surface area contributed by atoms with Crippen molar-refractivity contribution >= 4 is 23.0 Å². The number of hydrogen-bond acceptors (Lipinski definition) is 7. The lowest BCUT2D eigenvalue weighted by Gasteiger charge is -2.28. The average Bonchev–Trinajstić information content (AvgIpc) is 3.55. The van der Waals surface area contributed by atoms with Gasteiger partial charge >= 0.3 is 0 Å². The van der Waals surface area contributed by atoms with Gasteiger partial charge in [0.2, 0.25) is 12.6 Å². The quantitative estimate of drug-likeness (QED) is 0.715.